The average molecular weight is 281 g/mol. The average Bonchev–Trinajstić information content (AvgIpc) is 2.99. The SMILES string of the molecule is CNCc1cnccc1Oc1ncn(-c2ccccc2)n1. The molecule has 3 rings (SSSR count). The fourth-order valence-corrected chi connectivity index (χ4v) is 1.94. The number of hydrogen-bond acceptors (Lipinski definition) is 5. The Morgan fingerprint density at radius 3 is 2.86 bits per heavy atom. The Bertz CT molecular complexity index is 711. The van der Waals surface area contributed by atoms with E-state index in [4.69, 9.17) is 4.74 Å². The second kappa shape index (κ2) is 6.15. The highest BCUT2D eigenvalue weighted by atomic mass is 16.5. The van der Waals surface area contributed by atoms with Gasteiger partial charge in [-0.1, -0.05) is 18.2 Å². The fourth-order valence-electron chi connectivity index (χ4n) is 1.94. The maximum Gasteiger partial charge on any atom is 0.341 e. The van der Waals surface area contributed by atoms with E-state index in [9.17, 15) is 0 Å². The molecule has 3 aromatic rings. The lowest BCUT2D eigenvalue weighted by Gasteiger charge is -2.07. The molecule has 2 heterocycles. The molecule has 0 saturated heterocycles. The third-order valence-electron chi connectivity index (χ3n) is 2.92. The molecule has 0 bridgehead atoms. The van der Waals surface area contributed by atoms with Crippen molar-refractivity contribution >= 4 is 0 Å². The molecule has 0 aliphatic rings. The lowest BCUT2D eigenvalue weighted by molar-refractivity contribution is 0.434. The zero-order valence-corrected chi connectivity index (χ0v) is 11.6. The number of benzene rings is 1. The van der Waals surface area contributed by atoms with Gasteiger partial charge in [0.15, 0.2) is 0 Å². The maximum absolute atomic E-state index is 5.74. The van der Waals surface area contributed by atoms with Crippen LogP contribution >= 0.6 is 0 Å². The van der Waals surface area contributed by atoms with E-state index in [-0.39, 0.29) is 0 Å². The molecule has 0 saturated carbocycles. The predicted octanol–water partition coefficient (Wildman–Crippen LogP) is 2.17. The first-order chi connectivity index (χ1) is 10.4. The normalized spacial score (nSPS) is 10.5. The molecule has 1 N–H and O–H groups in total. The first-order valence-corrected chi connectivity index (χ1v) is 6.59. The Labute approximate surface area is 122 Å². The van der Waals surface area contributed by atoms with Crippen LogP contribution in [-0.2, 0) is 6.54 Å². The van der Waals surface area contributed by atoms with Crippen molar-refractivity contribution in [2.24, 2.45) is 0 Å². The molecule has 2 aromatic heterocycles. The van der Waals surface area contributed by atoms with Gasteiger partial charge in [-0.05, 0) is 25.2 Å². The number of nitrogens with one attached hydrogen (secondary N) is 1. The van der Waals surface area contributed by atoms with Gasteiger partial charge in [0.05, 0.1) is 5.69 Å². The van der Waals surface area contributed by atoms with Crippen molar-refractivity contribution in [1.82, 2.24) is 25.1 Å². The van der Waals surface area contributed by atoms with Gasteiger partial charge in [0, 0.05) is 24.5 Å². The molecule has 6 heteroatoms. The van der Waals surface area contributed by atoms with Crippen LogP contribution in [0.3, 0.4) is 0 Å². The second-order valence-corrected chi connectivity index (χ2v) is 4.42. The monoisotopic (exact) mass is 281 g/mol. The van der Waals surface area contributed by atoms with Gasteiger partial charge in [0.25, 0.3) is 0 Å². The number of para-hydroxylation sites is 1. The molecule has 0 fully saturated rings. The van der Waals surface area contributed by atoms with Crippen molar-refractivity contribution in [3.63, 3.8) is 0 Å². The van der Waals surface area contributed by atoms with Gasteiger partial charge in [-0.2, -0.15) is 4.98 Å². The van der Waals surface area contributed by atoms with Crippen LogP contribution in [-0.4, -0.2) is 26.8 Å². The van der Waals surface area contributed by atoms with Crippen molar-refractivity contribution in [3.8, 4) is 17.4 Å². The van der Waals surface area contributed by atoms with Crippen LogP contribution in [0.1, 0.15) is 5.56 Å². The van der Waals surface area contributed by atoms with Crippen LogP contribution in [0.15, 0.2) is 55.1 Å². The van der Waals surface area contributed by atoms with Crippen LogP contribution in [0, 0.1) is 0 Å². The summed E-state index contributed by atoms with van der Waals surface area (Å²) in [6, 6.07) is 11.9. The minimum Gasteiger partial charge on any atom is -0.423 e. The van der Waals surface area contributed by atoms with Crippen LogP contribution in [0.25, 0.3) is 5.69 Å². The Hall–Kier alpha value is -2.73. The van der Waals surface area contributed by atoms with Gasteiger partial charge in [0.2, 0.25) is 0 Å². The number of aromatic nitrogens is 4. The van der Waals surface area contributed by atoms with E-state index >= 15 is 0 Å². The molecular weight excluding hydrogens is 266 g/mol. The molecule has 0 amide bonds. The highest BCUT2D eigenvalue weighted by molar-refractivity contribution is 5.33. The van der Waals surface area contributed by atoms with Gasteiger partial charge >= 0.3 is 6.01 Å². The highest BCUT2D eigenvalue weighted by Crippen LogP contribution is 2.22. The largest absolute Gasteiger partial charge is 0.423 e. The molecule has 0 aliphatic carbocycles. The van der Waals surface area contributed by atoms with E-state index in [0.717, 1.165) is 11.3 Å². The number of hydrogen-bond donors (Lipinski definition) is 1. The van der Waals surface area contributed by atoms with Crippen molar-refractivity contribution in [2.45, 2.75) is 6.54 Å². The summed E-state index contributed by atoms with van der Waals surface area (Å²) in [5.74, 6) is 0.699. The van der Waals surface area contributed by atoms with E-state index < -0.39 is 0 Å². The minimum absolute atomic E-state index is 0.308. The van der Waals surface area contributed by atoms with Crippen molar-refractivity contribution in [2.75, 3.05) is 7.05 Å². The molecular formula is C15H15N5O. The highest BCUT2D eigenvalue weighted by Gasteiger charge is 2.08. The van der Waals surface area contributed by atoms with Gasteiger partial charge in [-0.25, -0.2) is 4.68 Å². The van der Waals surface area contributed by atoms with Gasteiger partial charge in [-0.3, -0.25) is 4.98 Å². The summed E-state index contributed by atoms with van der Waals surface area (Å²) in [4.78, 5) is 8.27. The van der Waals surface area contributed by atoms with Gasteiger partial charge in [0.1, 0.15) is 12.1 Å². The number of nitrogens with zero attached hydrogens (tertiary/aromatic N) is 4. The molecule has 0 atom stereocenters. The zero-order valence-electron chi connectivity index (χ0n) is 11.6. The molecule has 6 nitrogen and oxygen atoms in total. The third-order valence-corrected chi connectivity index (χ3v) is 2.92. The quantitative estimate of drug-likeness (QED) is 0.776. The first kappa shape index (κ1) is 13.3. The Kier molecular flexibility index (Phi) is 3.88. The minimum atomic E-state index is 0.308. The summed E-state index contributed by atoms with van der Waals surface area (Å²) in [5, 5.41) is 7.39. The molecule has 1 aromatic carbocycles. The summed E-state index contributed by atoms with van der Waals surface area (Å²) in [5.41, 5.74) is 1.89. The topological polar surface area (TPSA) is 64.9 Å². The van der Waals surface area contributed by atoms with Crippen LogP contribution < -0.4 is 10.1 Å². The Morgan fingerprint density at radius 1 is 1.19 bits per heavy atom. The van der Waals surface area contributed by atoms with Crippen LogP contribution in [0.5, 0.6) is 11.8 Å². The molecule has 106 valence electrons. The molecule has 0 spiro atoms. The Balaban J connectivity index is 1.82. The van der Waals surface area contributed by atoms with Gasteiger partial charge in [-0.15, -0.1) is 5.10 Å². The predicted molar refractivity (Wildman–Crippen MR) is 78.4 cm³/mol. The fraction of sp³-hybridized carbons (Fsp3) is 0.133. The Morgan fingerprint density at radius 2 is 2.05 bits per heavy atom. The van der Waals surface area contributed by atoms with E-state index in [1.807, 2.05) is 37.4 Å². The van der Waals surface area contributed by atoms with E-state index in [0.29, 0.717) is 18.3 Å². The van der Waals surface area contributed by atoms with E-state index in [1.165, 1.54) is 0 Å². The summed E-state index contributed by atoms with van der Waals surface area (Å²) in [6.07, 6.45) is 5.08. The lowest BCUT2D eigenvalue weighted by Crippen LogP contribution is -2.07. The lowest BCUT2D eigenvalue weighted by atomic mass is 10.2. The summed E-state index contributed by atoms with van der Waals surface area (Å²) < 4.78 is 7.42. The maximum atomic E-state index is 5.74. The van der Waals surface area contributed by atoms with Crippen molar-refractivity contribution < 1.29 is 4.74 Å². The smallest absolute Gasteiger partial charge is 0.341 e. The first-order valence-electron chi connectivity index (χ1n) is 6.59. The van der Waals surface area contributed by atoms with Crippen LogP contribution in [0.2, 0.25) is 0 Å². The molecule has 0 radical (unpaired) electrons. The van der Waals surface area contributed by atoms with Gasteiger partial charge < -0.3 is 10.1 Å². The number of rotatable bonds is 5. The molecule has 0 unspecified atom stereocenters. The standard InChI is InChI=1S/C15H15N5O/c1-16-9-12-10-17-8-7-14(12)21-15-18-11-20(19-15)13-5-3-2-4-6-13/h2-8,10-11,16H,9H2,1H3. The summed E-state index contributed by atoms with van der Waals surface area (Å²) in [7, 11) is 1.87. The van der Waals surface area contributed by atoms with E-state index in [1.54, 1.807) is 29.5 Å². The molecule has 21 heavy (non-hydrogen) atoms. The number of pyridine rings is 1. The zero-order chi connectivity index (χ0) is 14.5. The summed E-state index contributed by atoms with van der Waals surface area (Å²) >= 11 is 0. The second-order valence-electron chi connectivity index (χ2n) is 4.42. The van der Waals surface area contributed by atoms with Crippen molar-refractivity contribution in [3.05, 3.63) is 60.7 Å². The third kappa shape index (κ3) is 3.06. The van der Waals surface area contributed by atoms with Crippen LogP contribution in [0.4, 0.5) is 0 Å². The molecule has 0 aliphatic heterocycles. The van der Waals surface area contributed by atoms with E-state index in [2.05, 4.69) is 20.4 Å². The number of ether oxygens (including phenoxy) is 1. The summed E-state index contributed by atoms with van der Waals surface area (Å²) in [6.45, 7) is 0.669. The van der Waals surface area contributed by atoms with Crippen molar-refractivity contribution in [1.29, 1.82) is 0 Å².